The van der Waals surface area contributed by atoms with Crippen molar-refractivity contribution in [1.82, 2.24) is 4.98 Å². The third-order valence-electron chi connectivity index (χ3n) is 4.57. The molecule has 5 heteroatoms. The minimum atomic E-state index is -0.463. The van der Waals surface area contributed by atoms with Crippen molar-refractivity contribution in [2.24, 2.45) is 5.92 Å². The van der Waals surface area contributed by atoms with E-state index in [1.54, 1.807) is 12.3 Å². The van der Waals surface area contributed by atoms with Gasteiger partial charge in [-0.15, -0.1) is 0 Å². The molecule has 19 heavy (non-hydrogen) atoms. The zero-order chi connectivity index (χ0) is 13.5. The summed E-state index contributed by atoms with van der Waals surface area (Å²) in [5.74, 6) is 1.13. The van der Waals surface area contributed by atoms with Crippen molar-refractivity contribution in [2.45, 2.75) is 37.7 Å². The molecular formula is C14H20ClN3O. The van der Waals surface area contributed by atoms with Gasteiger partial charge in [0, 0.05) is 19.0 Å². The Balaban J connectivity index is 1.80. The van der Waals surface area contributed by atoms with E-state index in [9.17, 15) is 5.11 Å². The van der Waals surface area contributed by atoms with Gasteiger partial charge in [0.25, 0.3) is 0 Å². The fourth-order valence-corrected chi connectivity index (χ4v) is 3.74. The maximum absolute atomic E-state index is 10.7. The lowest BCUT2D eigenvalue weighted by molar-refractivity contribution is -0.0613. The van der Waals surface area contributed by atoms with Crippen molar-refractivity contribution in [3.8, 4) is 0 Å². The second-order valence-corrected chi connectivity index (χ2v) is 6.22. The molecule has 1 aromatic rings. The number of anilines is 2. The predicted octanol–water partition coefficient (Wildman–Crippen LogP) is 2.45. The predicted molar refractivity (Wildman–Crippen MR) is 77.4 cm³/mol. The Morgan fingerprint density at radius 3 is 3.05 bits per heavy atom. The van der Waals surface area contributed by atoms with E-state index in [0.717, 1.165) is 44.6 Å². The number of nitrogens with two attached hydrogens (primary N) is 1. The molecule has 1 aliphatic carbocycles. The summed E-state index contributed by atoms with van der Waals surface area (Å²) in [6.07, 6.45) is 6.84. The van der Waals surface area contributed by atoms with Gasteiger partial charge in [-0.05, 0) is 25.3 Å². The third kappa shape index (κ3) is 2.39. The molecule has 1 saturated carbocycles. The van der Waals surface area contributed by atoms with Crippen LogP contribution in [-0.4, -0.2) is 28.8 Å². The van der Waals surface area contributed by atoms with E-state index in [1.807, 2.05) is 0 Å². The Kier molecular flexibility index (Phi) is 3.31. The Bertz CT molecular complexity index is 482. The molecule has 2 heterocycles. The third-order valence-corrected chi connectivity index (χ3v) is 4.85. The van der Waals surface area contributed by atoms with Gasteiger partial charge in [-0.25, -0.2) is 4.98 Å². The van der Waals surface area contributed by atoms with E-state index in [2.05, 4.69) is 9.88 Å². The number of halogens is 1. The Labute approximate surface area is 118 Å². The van der Waals surface area contributed by atoms with Gasteiger partial charge in [0.05, 0.1) is 22.5 Å². The van der Waals surface area contributed by atoms with Crippen LogP contribution in [0.15, 0.2) is 12.3 Å². The average molecular weight is 282 g/mol. The standard InChI is InChI=1S/C14H20ClN3O/c15-12-7-11(16)8-17-13(12)18-6-5-14(19)4-2-1-3-10(14)9-18/h7-8,10,19H,1-6,9,16H2. The van der Waals surface area contributed by atoms with E-state index in [0.29, 0.717) is 16.6 Å². The first-order chi connectivity index (χ1) is 9.08. The van der Waals surface area contributed by atoms with Crippen molar-refractivity contribution < 1.29 is 5.11 Å². The number of nitrogens with zero attached hydrogens (tertiary/aromatic N) is 2. The van der Waals surface area contributed by atoms with Gasteiger partial charge in [0.15, 0.2) is 0 Å². The summed E-state index contributed by atoms with van der Waals surface area (Å²) < 4.78 is 0. The number of piperidine rings is 1. The van der Waals surface area contributed by atoms with Crippen LogP contribution in [-0.2, 0) is 0 Å². The molecule has 2 fully saturated rings. The summed E-state index contributed by atoms with van der Waals surface area (Å²) in [7, 11) is 0. The first kappa shape index (κ1) is 13.0. The zero-order valence-corrected chi connectivity index (χ0v) is 11.7. The monoisotopic (exact) mass is 281 g/mol. The van der Waals surface area contributed by atoms with E-state index in [-0.39, 0.29) is 0 Å². The molecule has 0 aromatic carbocycles. The normalized spacial score (nSPS) is 31.1. The zero-order valence-electron chi connectivity index (χ0n) is 11.0. The number of pyridine rings is 1. The van der Waals surface area contributed by atoms with Crippen LogP contribution in [0.2, 0.25) is 5.02 Å². The lowest BCUT2D eigenvalue weighted by atomic mass is 9.71. The van der Waals surface area contributed by atoms with Crippen LogP contribution < -0.4 is 10.6 Å². The van der Waals surface area contributed by atoms with Crippen LogP contribution in [0.25, 0.3) is 0 Å². The van der Waals surface area contributed by atoms with Gasteiger partial charge in [0.1, 0.15) is 5.82 Å². The summed E-state index contributed by atoms with van der Waals surface area (Å²) in [5, 5.41) is 11.3. The van der Waals surface area contributed by atoms with Gasteiger partial charge < -0.3 is 15.7 Å². The van der Waals surface area contributed by atoms with Crippen molar-refractivity contribution >= 4 is 23.1 Å². The molecule has 1 saturated heterocycles. The molecule has 1 aromatic heterocycles. The Morgan fingerprint density at radius 1 is 1.42 bits per heavy atom. The molecular weight excluding hydrogens is 262 g/mol. The number of fused-ring (bicyclic) bond motifs is 1. The summed E-state index contributed by atoms with van der Waals surface area (Å²) in [6, 6.07) is 1.74. The Morgan fingerprint density at radius 2 is 2.26 bits per heavy atom. The van der Waals surface area contributed by atoms with Crippen molar-refractivity contribution in [1.29, 1.82) is 0 Å². The summed E-state index contributed by atoms with van der Waals surface area (Å²) >= 11 is 6.23. The van der Waals surface area contributed by atoms with E-state index < -0.39 is 5.60 Å². The number of rotatable bonds is 1. The second kappa shape index (κ2) is 4.84. The SMILES string of the molecule is Nc1cnc(N2CCC3(O)CCCCC3C2)c(Cl)c1. The van der Waals surface area contributed by atoms with Gasteiger partial charge in [-0.1, -0.05) is 24.4 Å². The molecule has 0 bridgehead atoms. The fraction of sp³-hybridized carbons (Fsp3) is 0.643. The minimum Gasteiger partial charge on any atom is -0.397 e. The number of aliphatic hydroxyl groups is 1. The number of hydrogen-bond donors (Lipinski definition) is 2. The van der Waals surface area contributed by atoms with E-state index >= 15 is 0 Å². The molecule has 2 atom stereocenters. The molecule has 3 rings (SSSR count). The lowest BCUT2D eigenvalue weighted by Crippen LogP contribution is -2.53. The van der Waals surface area contributed by atoms with E-state index in [1.165, 1.54) is 6.42 Å². The van der Waals surface area contributed by atoms with Gasteiger partial charge in [-0.3, -0.25) is 0 Å². The molecule has 0 spiro atoms. The smallest absolute Gasteiger partial charge is 0.147 e. The number of aromatic nitrogens is 1. The molecule has 1 aliphatic heterocycles. The number of nitrogen functional groups attached to an aromatic ring is 1. The van der Waals surface area contributed by atoms with Crippen LogP contribution in [0, 0.1) is 5.92 Å². The van der Waals surface area contributed by atoms with Gasteiger partial charge in [-0.2, -0.15) is 0 Å². The fourth-order valence-electron chi connectivity index (χ4n) is 3.44. The molecule has 4 nitrogen and oxygen atoms in total. The first-order valence-corrected chi connectivity index (χ1v) is 7.35. The highest BCUT2D eigenvalue weighted by Gasteiger charge is 2.43. The molecule has 2 aliphatic rings. The topological polar surface area (TPSA) is 62.4 Å². The van der Waals surface area contributed by atoms with Crippen LogP contribution in [0.3, 0.4) is 0 Å². The summed E-state index contributed by atoms with van der Waals surface area (Å²) in [6.45, 7) is 1.65. The van der Waals surface area contributed by atoms with E-state index in [4.69, 9.17) is 17.3 Å². The highest BCUT2D eigenvalue weighted by molar-refractivity contribution is 6.33. The highest BCUT2D eigenvalue weighted by Crippen LogP contribution is 2.41. The highest BCUT2D eigenvalue weighted by atomic mass is 35.5. The van der Waals surface area contributed by atoms with Crippen molar-refractivity contribution in [3.05, 3.63) is 17.3 Å². The summed E-state index contributed by atoms with van der Waals surface area (Å²) in [4.78, 5) is 6.54. The van der Waals surface area contributed by atoms with Crippen LogP contribution >= 0.6 is 11.6 Å². The van der Waals surface area contributed by atoms with Crippen LogP contribution in [0.4, 0.5) is 11.5 Å². The number of hydrogen-bond acceptors (Lipinski definition) is 4. The maximum Gasteiger partial charge on any atom is 0.147 e. The minimum absolute atomic E-state index is 0.338. The van der Waals surface area contributed by atoms with Gasteiger partial charge in [0.2, 0.25) is 0 Å². The van der Waals surface area contributed by atoms with Gasteiger partial charge >= 0.3 is 0 Å². The maximum atomic E-state index is 10.7. The second-order valence-electron chi connectivity index (χ2n) is 5.82. The largest absolute Gasteiger partial charge is 0.397 e. The molecule has 0 radical (unpaired) electrons. The molecule has 2 unspecified atom stereocenters. The lowest BCUT2D eigenvalue weighted by Gasteiger charge is -2.47. The average Bonchev–Trinajstić information content (AvgIpc) is 2.38. The van der Waals surface area contributed by atoms with Crippen molar-refractivity contribution in [2.75, 3.05) is 23.7 Å². The van der Waals surface area contributed by atoms with Crippen molar-refractivity contribution in [3.63, 3.8) is 0 Å². The molecule has 104 valence electrons. The Hall–Kier alpha value is -1.00. The van der Waals surface area contributed by atoms with Crippen LogP contribution in [0.5, 0.6) is 0 Å². The first-order valence-electron chi connectivity index (χ1n) is 6.97. The summed E-state index contributed by atoms with van der Waals surface area (Å²) in [5.41, 5.74) is 5.80. The molecule has 0 amide bonds. The quantitative estimate of drug-likeness (QED) is 0.830. The molecule has 3 N–H and O–H groups in total. The van der Waals surface area contributed by atoms with Crippen LogP contribution in [0.1, 0.15) is 32.1 Å².